The molecule has 0 saturated carbocycles. The fourth-order valence-corrected chi connectivity index (χ4v) is 3.90. The van der Waals surface area contributed by atoms with Gasteiger partial charge in [-0.15, -0.1) is 0 Å². The Balaban J connectivity index is 1.45. The number of benzene rings is 2. The largest absolute Gasteiger partial charge is 0.343 e. The van der Waals surface area contributed by atoms with E-state index in [1.165, 1.54) is 0 Å². The number of fused-ring (bicyclic) bond motifs is 2. The van der Waals surface area contributed by atoms with Gasteiger partial charge in [0.2, 0.25) is 5.82 Å². The first-order valence-corrected chi connectivity index (χ1v) is 10.0. The van der Waals surface area contributed by atoms with E-state index in [9.17, 15) is 9.59 Å². The molecule has 1 aliphatic rings. The van der Waals surface area contributed by atoms with Crippen LogP contribution in [0, 0.1) is 0 Å². The van der Waals surface area contributed by atoms with Crippen LogP contribution >= 0.6 is 0 Å². The lowest BCUT2D eigenvalue weighted by Crippen LogP contribution is -2.27. The van der Waals surface area contributed by atoms with Crippen LogP contribution in [0.4, 0.5) is 0 Å². The van der Waals surface area contributed by atoms with Crippen LogP contribution in [0.3, 0.4) is 0 Å². The van der Waals surface area contributed by atoms with E-state index in [4.69, 9.17) is 0 Å². The van der Waals surface area contributed by atoms with E-state index in [0.29, 0.717) is 23.9 Å². The molecule has 1 amide bonds. The van der Waals surface area contributed by atoms with Gasteiger partial charge < -0.3 is 10.4 Å². The van der Waals surface area contributed by atoms with Crippen molar-refractivity contribution in [1.82, 2.24) is 25.5 Å². The number of amides is 1. The number of carbonyl (C=O) groups is 2. The second-order valence-electron chi connectivity index (χ2n) is 7.64. The zero-order valence-corrected chi connectivity index (χ0v) is 16.5. The number of rotatable bonds is 4. The van der Waals surface area contributed by atoms with Crippen molar-refractivity contribution < 1.29 is 9.59 Å². The van der Waals surface area contributed by atoms with Crippen molar-refractivity contribution in [2.75, 3.05) is 0 Å². The number of carbonyl (C=O) groups excluding carboxylic acids is 2. The molecule has 150 valence electrons. The molecule has 1 atom stereocenters. The second kappa shape index (κ2) is 7.26. The number of allylic oxidation sites excluding steroid dienone is 2. The maximum absolute atomic E-state index is 12.7. The van der Waals surface area contributed by atoms with Crippen molar-refractivity contribution in [3.05, 3.63) is 65.6 Å². The Morgan fingerprint density at radius 2 is 1.83 bits per heavy atom. The minimum Gasteiger partial charge on any atom is -0.343 e. The molecule has 0 spiro atoms. The Bertz CT molecular complexity index is 1300. The van der Waals surface area contributed by atoms with Gasteiger partial charge in [0.25, 0.3) is 5.91 Å². The summed E-state index contributed by atoms with van der Waals surface area (Å²) in [4.78, 5) is 33.1. The molecule has 1 aliphatic carbocycles. The minimum atomic E-state index is -0.300. The molecule has 3 N–H and O–H groups in total. The summed E-state index contributed by atoms with van der Waals surface area (Å²) in [6.07, 6.45) is 3.74. The summed E-state index contributed by atoms with van der Waals surface area (Å²) in [5, 5.41) is 10.3. The predicted octanol–water partition coefficient (Wildman–Crippen LogP) is 4.07. The van der Waals surface area contributed by atoms with E-state index >= 15 is 0 Å². The number of ketones is 1. The maximum atomic E-state index is 12.7. The highest BCUT2D eigenvalue weighted by atomic mass is 16.2. The summed E-state index contributed by atoms with van der Waals surface area (Å²) >= 11 is 0. The molecule has 4 aromatic rings. The summed E-state index contributed by atoms with van der Waals surface area (Å²) < 4.78 is 0. The lowest BCUT2D eigenvalue weighted by molar-refractivity contribution is -0.118. The smallest absolute Gasteiger partial charge is 0.289 e. The highest BCUT2D eigenvalue weighted by Gasteiger charge is 2.19. The monoisotopic (exact) mass is 399 g/mol. The molecule has 1 unspecified atom stereocenters. The van der Waals surface area contributed by atoms with Crippen molar-refractivity contribution in [1.29, 1.82) is 0 Å². The molecule has 2 aromatic heterocycles. The molecular formula is C23H21N5O2. The van der Waals surface area contributed by atoms with E-state index in [0.717, 1.165) is 34.2 Å². The third-order valence-corrected chi connectivity index (χ3v) is 5.58. The number of Topliss-reactive ketones (excluding diaryl/α,β-unsaturated/α-hetero) is 1. The van der Waals surface area contributed by atoms with Gasteiger partial charge in [-0.05, 0) is 36.6 Å². The van der Waals surface area contributed by atoms with E-state index < -0.39 is 0 Å². The van der Waals surface area contributed by atoms with Gasteiger partial charge in [-0.25, -0.2) is 9.97 Å². The molecule has 30 heavy (non-hydrogen) atoms. The summed E-state index contributed by atoms with van der Waals surface area (Å²) in [7, 11) is 0. The second-order valence-corrected chi connectivity index (χ2v) is 7.64. The van der Waals surface area contributed by atoms with Crippen LogP contribution in [-0.4, -0.2) is 31.9 Å². The SMILES string of the molecule is CC(NC(=O)c1nc2cc3[nH][nH]c(C4=CCC(=O)CC4)c3cc2n1)c1ccccc1. The van der Waals surface area contributed by atoms with Gasteiger partial charge in [0.05, 0.1) is 28.3 Å². The Hall–Kier alpha value is -3.74. The van der Waals surface area contributed by atoms with Crippen molar-refractivity contribution >= 4 is 39.2 Å². The average molecular weight is 399 g/mol. The van der Waals surface area contributed by atoms with Crippen LogP contribution < -0.4 is 5.32 Å². The van der Waals surface area contributed by atoms with Crippen LogP contribution in [0.5, 0.6) is 0 Å². The zero-order chi connectivity index (χ0) is 20.7. The van der Waals surface area contributed by atoms with E-state index in [2.05, 4.69) is 25.5 Å². The Morgan fingerprint density at radius 3 is 2.57 bits per heavy atom. The molecule has 0 aliphatic heterocycles. The molecule has 0 radical (unpaired) electrons. The topological polar surface area (TPSA) is 104 Å². The average Bonchev–Trinajstić information content (AvgIpc) is 3.37. The van der Waals surface area contributed by atoms with E-state index in [-0.39, 0.29) is 23.6 Å². The lowest BCUT2D eigenvalue weighted by atomic mass is 9.94. The van der Waals surface area contributed by atoms with E-state index in [1.807, 2.05) is 55.5 Å². The van der Waals surface area contributed by atoms with Crippen LogP contribution in [0.1, 0.15) is 54.1 Å². The lowest BCUT2D eigenvalue weighted by Gasteiger charge is -2.12. The predicted molar refractivity (Wildman–Crippen MR) is 115 cm³/mol. The number of H-pyrrole nitrogens is 2. The molecule has 0 bridgehead atoms. The summed E-state index contributed by atoms with van der Waals surface area (Å²) in [6, 6.07) is 13.5. The zero-order valence-electron chi connectivity index (χ0n) is 16.5. The Kier molecular flexibility index (Phi) is 4.43. The van der Waals surface area contributed by atoms with Crippen molar-refractivity contribution in [2.24, 2.45) is 0 Å². The van der Waals surface area contributed by atoms with Crippen LogP contribution in [-0.2, 0) is 4.79 Å². The number of aromatic amines is 2. The van der Waals surface area contributed by atoms with Gasteiger partial charge in [0.15, 0.2) is 0 Å². The Morgan fingerprint density at radius 1 is 1.07 bits per heavy atom. The van der Waals surface area contributed by atoms with Gasteiger partial charge in [-0.2, -0.15) is 0 Å². The number of nitrogens with zero attached hydrogens (tertiary/aromatic N) is 2. The van der Waals surface area contributed by atoms with Crippen LogP contribution in [0.2, 0.25) is 0 Å². The molecule has 5 rings (SSSR count). The molecule has 2 aromatic carbocycles. The van der Waals surface area contributed by atoms with E-state index in [1.54, 1.807) is 0 Å². The van der Waals surface area contributed by atoms with Crippen LogP contribution in [0.15, 0.2) is 48.5 Å². The molecule has 7 nitrogen and oxygen atoms in total. The summed E-state index contributed by atoms with van der Waals surface area (Å²) in [6.45, 7) is 1.93. The van der Waals surface area contributed by atoms with Gasteiger partial charge in [-0.3, -0.25) is 14.7 Å². The third kappa shape index (κ3) is 3.28. The fourth-order valence-electron chi connectivity index (χ4n) is 3.90. The van der Waals surface area contributed by atoms with Crippen LogP contribution in [0.25, 0.3) is 27.5 Å². The molecule has 2 heterocycles. The highest BCUT2D eigenvalue weighted by molar-refractivity contribution is 6.02. The van der Waals surface area contributed by atoms with Gasteiger partial charge in [0.1, 0.15) is 5.78 Å². The number of imidazole rings is 1. The molecule has 0 fully saturated rings. The fraction of sp³-hybridized carbons (Fsp3) is 0.217. The Labute approximate surface area is 172 Å². The quantitative estimate of drug-likeness (QED) is 0.481. The first-order chi connectivity index (χ1) is 14.6. The molecule has 7 heteroatoms. The normalized spacial score (nSPS) is 15.4. The van der Waals surface area contributed by atoms with Crippen molar-refractivity contribution in [3.8, 4) is 0 Å². The third-order valence-electron chi connectivity index (χ3n) is 5.58. The van der Waals surface area contributed by atoms with Gasteiger partial charge in [-0.1, -0.05) is 36.4 Å². The molecular weight excluding hydrogens is 378 g/mol. The summed E-state index contributed by atoms with van der Waals surface area (Å²) in [5.74, 6) is 0.128. The first kappa shape index (κ1) is 18.3. The highest BCUT2D eigenvalue weighted by Crippen LogP contribution is 2.31. The number of aromatic nitrogens is 4. The number of hydrogen-bond acceptors (Lipinski definition) is 4. The number of hydrogen-bond donors (Lipinski definition) is 3. The molecule has 0 saturated heterocycles. The standard InChI is InChI=1S/C23H21N5O2/c1-13(14-5-3-2-4-6-14)24-23(30)22-25-19-11-17-18(12-20(19)26-22)27-28-21(17)15-7-9-16(29)10-8-15/h2-7,11-13,27-28H,8-10H2,1H3,(H,24,30). The van der Waals surface area contributed by atoms with Crippen molar-refractivity contribution in [2.45, 2.75) is 32.2 Å². The minimum absolute atomic E-state index is 0.142. The first-order valence-electron chi connectivity index (χ1n) is 10.0. The van der Waals surface area contributed by atoms with Gasteiger partial charge >= 0.3 is 0 Å². The number of nitrogens with one attached hydrogen (secondary N) is 3. The summed E-state index contributed by atoms with van der Waals surface area (Å²) in [5.41, 5.74) is 5.33. The van der Waals surface area contributed by atoms with Crippen molar-refractivity contribution in [3.63, 3.8) is 0 Å². The van der Waals surface area contributed by atoms with Gasteiger partial charge in [0, 0.05) is 18.2 Å². The maximum Gasteiger partial charge on any atom is 0.289 e.